The lowest BCUT2D eigenvalue weighted by Crippen LogP contribution is -2.39. The summed E-state index contributed by atoms with van der Waals surface area (Å²) in [6.07, 6.45) is 2.09. The first-order valence-corrected chi connectivity index (χ1v) is 9.59. The van der Waals surface area contributed by atoms with Crippen LogP contribution in [0.2, 0.25) is 0 Å². The summed E-state index contributed by atoms with van der Waals surface area (Å²) in [5.41, 5.74) is 2.71. The zero-order valence-corrected chi connectivity index (χ0v) is 15.3. The van der Waals surface area contributed by atoms with Gasteiger partial charge >= 0.3 is 11.9 Å². The fraction of sp³-hybridized carbons (Fsp3) is 0.368. The number of nitrogens with one attached hydrogen (secondary N) is 1. The average molecular weight is 388 g/mol. The Hall–Kier alpha value is -2.74. The number of hydrogen-bond acceptors (Lipinski definition) is 5. The zero-order valence-electron chi connectivity index (χ0n) is 14.5. The molecule has 3 rings (SSSR count). The van der Waals surface area contributed by atoms with Crippen molar-refractivity contribution in [3.8, 4) is 11.3 Å². The fourth-order valence-electron chi connectivity index (χ4n) is 3.38. The highest BCUT2D eigenvalue weighted by Gasteiger charge is 2.38. The predicted octanol–water partition coefficient (Wildman–Crippen LogP) is 2.63. The third kappa shape index (κ3) is 4.71. The van der Waals surface area contributed by atoms with Crippen LogP contribution in [0.25, 0.3) is 11.3 Å². The maximum atomic E-state index is 12.4. The van der Waals surface area contributed by atoms with Gasteiger partial charge in [0.05, 0.1) is 17.5 Å². The number of carboxylic acid groups (broad SMARTS) is 2. The van der Waals surface area contributed by atoms with Gasteiger partial charge < -0.3 is 15.5 Å². The molecule has 0 saturated heterocycles. The first-order chi connectivity index (χ1) is 12.9. The van der Waals surface area contributed by atoms with Gasteiger partial charge in [0.2, 0.25) is 5.91 Å². The minimum absolute atomic E-state index is 0.0718. The lowest BCUT2D eigenvalue weighted by Gasteiger charge is -2.30. The number of carbonyl (C=O) groups excluding carboxylic acids is 1. The Labute approximate surface area is 160 Å². The molecule has 1 aliphatic rings. The van der Waals surface area contributed by atoms with Gasteiger partial charge in [-0.3, -0.25) is 19.4 Å². The second kappa shape index (κ2) is 8.30. The number of amides is 1. The van der Waals surface area contributed by atoms with E-state index in [0.29, 0.717) is 0 Å². The maximum Gasteiger partial charge on any atom is 0.306 e. The highest BCUT2D eigenvalue weighted by atomic mass is 32.1. The summed E-state index contributed by atoms with van der Waals surface area (Å²) in [6.45, 7) is 0.266. The van der Waals surface area contributed by atoms with Gasteiger partial charge in [-0.1, -0.05) is 6.07 Å². The number of aromatic nitrogens is 1. The van der Waals surface area contributed by atoms with Crippen molar-refractivity contribution in [2.45, 2.75) is 25.8 Å². The predicted molar refractivity (Wildman–Crippen MR) is 99.0 cm³/mol. The van der Waals surface area contributed by atoms with Crippen LogP contribution >= 0.6 is 11.3 Å². The first kappa shape index (κ1) is 19.0. The maximum absolute atomic E-state index is 12.4. The normalized spacial score (nSPS) is 22.1. The largest absolute Gasteiger partial charge is 0.481 e. The molecule has 1 aliphatic carbocycles. The fourth-order valence-corrected chi connectivity index (χ4v) is 4.03. The van der Waals surface area contributed by atoms with Crippen molar-refractivity contribution < 1.29 is 24.6 Å². The number of pyridine rings is 1. The number of thiophene rings is 1. The monoisotopic (exact) mass is 388 g/mol. The number of hydrogen-bond donors (Lipinski definition) is 3. The van der Waals surface area contributed by atoms with E-state index < -0.39 is 29.7 Å². The highest BCUT2D eigenvalue weighted by Crippen LogP contribution is 2.34. The summed E-state index contributed by atoms with van der Waals surface area (Å²) < 4.78 is 0. The van der Waals surface area contributed by atoms with Crippen LogP contribution < -0.4 is 5.32 Å². The Morgan fingerprint density at radius 2 is 1.70 bits per heavy atom. The topological polar surface area (TPSA) is 117 Å². The summed E-state index contributed by atoms with van der Waals surface area (Å²) in [4.78, 5) is 39.4. The molecule has 142 valence electrons. The summed E-state index contributed by atoms with van der Waals surface area (Å²) >= 11 is 1.59. The molecule has 3 atom stereocenters. The van der Waals surface area contributed by atoms with Gasteiger partial charge in [-0.2, -0.15) is 11.3 Å². The molecule has 0 aromatic carbocycles. The van der Waals surface area contributed by atoms with Crippen LogP contribution in [0.1, 0.15) is 24.8 Å². The van der Waals surface area contributed by atoms with Crippen molar-refractivity contribution in [2.24, 2.45) is 17.8 Å². The zero-order chi connectivity index (χ0) is 19.4. The molecule has 7 nitrogen and oxygen atoms in total. The van der Waals surface area contributed by atoms with Crippen LogP contribution in [-0.4, -0.2) is 33.0 Å². The van der Waals surface area contributed by atoms with Crippen LogP contribution in [0.4, 0.5) is 0 Å². The second-order valence-corrected chi connectivity index (χ2v) is 7.54. The van der Waals surface area contributed by atoms with E-state index in [2.05, 4.69) is 10.3 Å². The Kier molecular flexibility index (Phi) is 5.85. The molecule has 1 saturated carbocycles. The van der Waals surface area contributed by atoms with E-state index in [4.69, 9.17) is 0 Å². The van der Waals surface area contributed by atoms with Gasteiger partial charge in [0.1, 0.15) is 0 Å². The van der Waals surface area contributed by atoms with Crippen molar-refractivity contribution in [2.75, 3.05) is 0 Å². The van der Waals surface area contributed by atoms with Gasteiger partial charge in [0.15, 0.2) is 0 Å². The minimum atomic E-state index is -1.05. The molecule has 3 N–H and O–H groups in total. The standard InChI is InChI=1S/C19H20N2O5S/c22-17(13-5-14(18(23)24)7-15(6-13)19(25)26)21-9-11-1-2-16(20-8-11)12-3-4-27-10-12/h1-4,8,10,13-15H,5-7,9H2,(H,21,22)(H,23,24)(H,25,26)/t13?,14-,15+. The molecular formula is C19H20N2O5S. The summed E-state index contributed by atoms with van der Waals surface area (Å²) in [7, 11) is 0. The molecule has 2 aromatic heterocycles. The van der Waals surface area contributed by atoms with Crippen LogP contribution in [0, 0.1) is 17.8 Å². The van der Waals surface area contributed by atoms with Crippen LogP contribution in [-0.2, 0) is 20.9 Å². The average Bonchev–Trinajstić information content (AvgIpc) is 3.20. The molecule has 0 bridgehead atoms. The van der Waals surface area contributed by atoms with Crippen LogP contribution in [0.3, 0.4) is 0 Å². The van der Waals surface area contributed by atoms with Gasteiger partial charge in [-0.25, -0.2) is 0 Å². The number of carbonyl (C=O) groups is 3. The molecule has 8 heteroatoms. The number of nitrogens with zero attached hydrogens (tertiary/aromatic N) is 1. The van der Waals surface area contributed by atoms with E-state index >= 15 is 0 Å². The Balaban J connectivity index is 1.59. The quantitative estimate of drug-likeness (QED) is 0.700. The lowest BCUT2D eigenvalue weighted by atomic mass is 9.75. The first-order valence-electron chi connectivity index (χ1n) is 8.65. The van der Waals surface area contributed by atoms with E-state index in [1.165, 1.54) is 0 Å². The second-order valence-electron chi connectivity index (χ2n) is 6.76. The summed E-state index contributed by atoms with van der Waals surface area (Å²) in [5.74, 6) is -4.63. The molecule has 2 aromatic rings. The van der Waals surface area contributed by atoms with E-state index in [9.17, 15) is 24.6 Å². The van der Waals surface area contributed by atoms with E-state index in [-0.39, 0.29) is 31.7 Å². The molecule has 1 unspecified atom stereocenters. The smallest absolute Gasteiger partial charge is 0.306 e. The Morgan fingerprint density at radius 1 is 1.04 bits per heavy atom. The third-order valence-electron chi connectivity index (χ3n) is 4.88. The van der Waals surface area contributed by atoms with E-state index in [1.54, 1.807) is 17.5 Å². The van der Waals surface area contributed by atoms with Crippen LogP contribution in [0.15, 0.2) is 35.2 Å². The highest BCUT2D eigenvalue weighted by molar-refractivity contribution is 7.08. The molecule has 0 aliphatic heterocycles. The number of rotatable bonds is 6. The van der Waals surface area contributed by atoms with E-state index in [0.717, 1.165) is 16.8 Å². The third-order valence-corrected chi connectivity index (χ3v) is 5.57. The molecular weight excluding hydrogens is 368 g/mol. The van der Waals surface area contributed by atoms with Crippen molar-refractivity contribution in [3.63, 3.8) is 0 Å². The van der Waals surface area contributed by atoms with Crippen molar-refractivity contribution in [1.82, 2.24) is 10.3 Å². The minimum Gasteiger partial charge on any atom is -0.481 e. The van der Waals surface area contributed by atoms with E-state index in [1.807, 2.05) is 29.0 Å². The summed E-state index contributed by atoms with van der Waals surface area (Å²) in [5, 5.41) is 25.2. The Morgan fingerprint density at radius 3 is 2.22 bits per heavy atom. The molecule has 0 spiro atoms. The number of carboxylic acids is 2. The van der Waals surface area contributed by atoms with Crippen LogP contribution in [0.5, 0.6) is 0 Å². The van der Waals surface area contributed by atoms with Gasteiger partial charge in [0.25, 0.3) is 0 Å². The SMILES string of the molecule is O=C(NCc1ccc(-c2ccsc2)nc1)C1C[C@@H](C(=O)O)C[C@@H](C(=O)O)C1. The molecule has 0 radical (unpaired) electrons. The molecule has 1 fully saturated rings. The van der Waals surface area contributed by atoms with Gasteiger partial charge in [-0.15, -0.1) is 0 Å². The summed E-state index contributed by atoms with van der Waals surface area (Å²) in [6, 6.07) is 5.74. The van der Waals surface area contributed by atoms with Gasteiger partial charge in [0, 0.05) is 29.6 Å². The van der Waals surface area contributed by atoms with Gasteiger partial charge in [-0.05, 0) is 42.3 Å². The number of aliphatic carboxylic acids is 2. The van der Waals surface area contributed by atoms with Crippen molar-refractivity contribution >= 4 is 29.2 Å². The van der Waals surface area contributed by atoms with Crippen molar-refractivity contribution in [1.29, 1.82) is 0 Å². The molecule has 1 amide bonds. The van der Waals surface area contributed by atoms with Crippen molar-refractivity contribution in [3.05, 3.63) is 40.7 Å². The lowest BCUT2D eigenvalue weighted by molar-refractivity contribution is -0.150. The Bertz CT molecular complexity index is 797. The molecule has 2 heterocycles. The molecule has 27 heavy (non-hydrogen) atoms.